The first-order valence-electron chi connectivity index (χ1n) is 9.73. The van der Waals surface area contributed by atoms with Crippen LogP contribution in [-0.2, 0) is 16.0 Å². The number of likely N-dealkylation sites (tertiary alicyclic amines) is 1. The third-order valence-corrected chi connectivity index (χ3v) is 5.89. The second-order valence-corrected chi connectivity index (χ2v) is 8.96. The number of aromatic nitrogens is 1. The van der Waals surface area contributed by atoms with Crippen LogP contribution in [0.1, 0.15) is 51.2 Å². The zero-order chi connectivity index (χ0) is 18.9. The van der Waals surface area contributed by atoms with Crippen molar-refractivity contribution in [1.82, 2.24) is 15.2 Å². The third-order valence-electron chi connectivity index (χ3n) is 5.89. The van der Waals surface area contributed by atoms with Crippen LogP contribution in [0, 0.1) is 24.2 Å². The molecule has 1 aliphatic heterocycles. The number of carbonyl (C=O) groups excluding carboxylic acids is 2. The lowest BCUT2D eigenvalue weighted by molar-refractivity contribution is -0.134. The van der Waals surface area contributed by atoms with Gasteiger partial charge in [0.25, 0.3) is 0 Å². The zero-order valence-electron chi connectivity index (χ0n) is 16.4. The van der Waals surface area contributed by atoms with Gasteiger partial charge in [-0.25, -0.2) is 0 Å². The summed E-state index contributed by atoms with van der Waals surface area (Å²) in [4.78, 5) is 31.1. The Balaban J connectivity index is 1.43. The lowest BCUT2D eigenvalue weighted by Gasteiger charge is -2.33. The zero-order valence-corrected chi connectivity index (χ0v) is 16.4. The van der Waals surface area contributed by atoms with Crippen molar-refractivity contribution in [3.05, 3.63) is 29.6 Å². The van der Waals surface area contributed by atoms with E-state index in [1.165, 1.54) is 0 Å². The maximum Gasteiger partial charge on any atom is 0.225 e. The van der Waals surface area contributed by atoms with Crippen LogP contribution in [0.25, 0.3) is 0 Å². The van der Waals surface area contributed by atoms with Gasteiger partial charge in [0.1, 0.15) is 0 Å². The monoisotopic (exact) mass is 357 g/mol. The summed E-state index contributed by atoms with van der Waals surface area (Å²) in [7, 11) is 0. The Labute approximate surface area is 156 Å². The van der Waals surface area contributed by atoms with Gasteiger partial charge in [0.2, 0.25) is 11.8 Å². The van der Waals surface area contributed by atoms with Crippen LogP contribution in [0.4, 0.5) is 0 Å². The van der Waals surface area contributed by atoms with Crippen LogP contribution in [0.2, 0.25) is 0 Å². The first-order valence-corrected chi connectivity index (χ1v) is 9.73. The first-order chi connectivity index (χ1) is 12.3. The fraction of sp³-hybridized carbons (Fsp3) is 0.667. The minimum absolute atomic E-state index is 0.0425. The van der Waals surface area contributed by atoms with E-state index in [4.69, 9.17) is 0 Å². The second kappa shape index (κ2) is 7.37. The van der Waals surface area contributed by atoms with Crippen LogP contribution in [-0.4, -0.2) is 40.8 Å². The summed E-state index contributed by atoms with van der Waals surface area (Å²) in [6.07, 6.45) is 6.59. The molecule has 2 amide bonds. The van der Waals surface area contributed by atoms with E-state index in [2.05, 4.69) is 31.1 Å². The smallest absolute Gasteiger partial charge is 0.225 e. The summed E-state index contributed by atoms with van der Waals surface area (Å²) in [6.45, 7) is 10.2. The normalized spacial score (nSPS) is 23.6. The summed E-state index contributed by atoms with van der Waals surface area (Å²) in [5.74, 6) is 1.10. The molecule has 0 spiro atoms. The van der Waals surface area contributed by atoms with E-state index < -0.39 is 0 Å². The van der Waals surface area contributed by atoms with Crippen molar-refractivity contribution in [3.63, 3.8) is 0 Å². The fourth-order valence-corrected chi connectivity index (χ4v) is 4.04. The molecule has 26 heavy (non-hydrogen) atoms. The number of hydrogen-bond donors (Lipinski definition) is 1. The molecule has 2 fully saturated rings. The Morgan fingerprint density at radius 2 is 1.96 bits per heavy atom. The maximum atomic E-state index is 12.7. The summed E-state index contributed by atoms with van der Waals surface area (Å²) in [6, 6.07) is 2.09. The van der Waals surface area contributed by atoms with E-state index in [1.807, 2.05) is 17.9 Å². The predicted molar refractivity (Wildman–Crippen MR) is 101 cm³/mol. The molecule has 0 aromatic carbocycles. The van der Waals surface area contributed by atoms with Crippen molar-refractivity contribution in [2.24, 2.45) is 17.3 Å². The summed E-state index contributed by atoms with van der Waals surface area (Å²) >= 11 is 0. The van der Waals surface area contributed by atoms with Crippen molar-refractivity contribution in [1.29, 1.82) is 0 Å². The second-order valence-electron chi connectivity index (χ2n) is 8.96. The van der Waals surface area contributed by atoms with Gasteiger partial charge in [0.15, 0.2) is 0 Å². The van der Waals surface area contributed by atoms with Crippen LogP contribution in [0.5, 0.6) is 0 Å². The molecular weight excluding hydrogens is 326 g/mol. The highest BCUT2D eigenvalue weighted by atomic mass is 16.2. The van der Waals surface area contributed by atoms with Gasteiger partial charge in [-0.15, -0.1) is 0 Å². The molecule has 1 N–H and O–H groups in total. The number of aryl methyl sites for hydroxylation is 1. The van der Waals surface area contributed by atoms with Gasteiger partial charge in [-0.05, 0) is 54.7 Å². The van der Waals surface area contributed by atoms with Crippen molar-refractivity contribution < 1.29 is 9.59 Å². The first kappa shape index (κ1) is 18.9. The Hall–Kier alpha value is -1.91. The SMILES string of the molecule is Cc1ccncc1CC(=O)NC1CCN(C(=O)[C@@H]2C[C@H]2C(C)(C)C)CC1. The number of carbonyl (C=O) groups is 2. The molecule has 142 valence electrons. The molecule has 1 aromatic rings. The van der Waals surface area contributed by atoms with E-state index in [0.29, 0.717) is 18.2 Å². The molecule has 3 rings (SSSR count). The Morgan fingerprint density at radius 1 is 1.27 bits per heavy atom. The summed E-state index contributed by atoms with van der Waals surface area (Å²) < 4.78 is 0. The summed E-state index contributed by atoms with van der Waals surface area (Å²) in [5, 5.41) is 3.13. The number of hydrogen-bond acceptors (Lipinski definition) is 3. The van der Waals surface area contributed by atoms with Crippen molar-refractivity contribution in [3.8, 4) is 0 Å². The van der Waals surface area contributed by atoms with Gasteiger partial charge in [-0.1, -0.05) is 20.8 Å². The third kappa shape index (κ3) is 4.43. The van der Waals surface area contributed by atoms with E-state index in [1.54, 1.807) is 12.4 Å². The molecule has 2 aliphatic rings. The average molecular weight is 357 g/mol. The predicted octanol–water partition coefficient (Wildman–Crippen LogP) is 2.72. The molecule has 2 heterocycles. The average Bonchev–Trinajstić information content (AvgIpc) is 3.38. The van der Waals surface area contributed by atoms with Gasteiger partial charge in [-0.2, -0.15) is 0 Å². The van der Waals surface area contributed by atoms with Crippen LogP contribution < -0.4 is 5.32 Å². The molecule has 0 unspecified atom stereocenters. The van der Waals surface area contributed by atoms with Crippen molar-refractivity contribution in [2.75, 3.05) is 13.1 Å². The minimum atomic E-state index is 0.0425. The molecule has 5 heteroatoms. The van der Waals surface area contributed by atoms with Gasteiger partial charge >= 0.3 is 0 Å². The van der Waals surface area contributed by atoms with Crippen LogP contribution >= 0.6 is 0 Å². The molecule has 1 saturated heterocycles. The number of nitrogens with zero attached hydrogens (tertiary/aromatic N) is 2. The topological polar surface area (TPSA) is 62.3 Å². The molecular formula is C21H31N3O2. The molecule has 1 saturated carbocycles. The molecule has 0 radical (unpaired) electrons. The quantitative estimate of drug-likeness (QED) is 0.901. The van der Waals surface area contributed by atoms with Gasteiger partial charge in [0, 0.05) is 37.4 Å². The Kier molecular flexibility index (Phi) is 5.35. The number of piperidine rings is 1. The number of rotatable bonds is 4. The van der Waals surface area contributed by atoms with Gasteiger partial charge in [0.05, 0.1) is 6.42 Å². The highest BCUT2D eigenvalue weighted by Crippen LogP contribution is 2.51. The van der Waals surface area contributed by atoms with E-state index >= 15 is 0 Å². The lowest BCUT2D eigenvalue weighted by atomic mass is 9.88. The van der Waals surface area contributed by atoms with Crippen LogP contribution in [0.3, 0.4) is 0 Å². The molecule has 5 nitrogen and oxygen atoms in total. The van der Waals surface area contributed by atoms with Gasteiger partial charge in [-0.3, -0.25) is 14.6 Å². The number of pyridine rings is 1. The lowest BCUT2D eigenvalue weighted by Crippen LogP contribution is -2.47. The standard InChI is InChI=1S/C21H31N3O2/c1-14-5-8-22-13-15(14)11-19(25)23-16-6-9-24(10-7-16)20(26)17-12-18(17)21(2,3)4/h5,8,13,16-18H,6-7,9-12H2,1-4H3,(H,23,25)/t17-,18-/m1/s1. The van der Waals surface area contributed by atoms with Crippen LogP contribution in [0.15, 0.2) is 18.5 Å². The number of nitrogens with one attached hydrogen (secondary N) is 1. The van der Waals surface area contributed by atoms with Crippen molar-refractivity contribution >= 4 is 11.8 Å². The largest absolute Gasteiger partial charge is 0.353 e. The molecule has 1 aromatic heterocycles. The van der Waals surface area contributed by atoms with Crippen molar-refractivity contribution in [2.45, 2.75) is 59.4 Å². The molecule has 0 bridgehead atoms. The minimum Gasteiger partial charge on any atom is -0.353 e. The van der Waals surface area contributed by atoms with Gasteiger partial charge < -0.3 is 10.2 Å². The highest BCUT2D eigenvalue weighted by molar-refractivity contribution is 5.82. The maximum absolute atomic E-state index is 12.7. The molecule has 2 atom stereocenters. The summed E-state index contributed by atoms with van der Waals surface area (Å²) in [5.41, 5.74) is 2.28. The molecule has 1 aliphatic carbocycles. The number of amides is 2. The van der Waals surface area contributed by atoms with E-state index in [9.17, 15) is 9.59 Å². The Bertz CT molecular complexity index is 672. The van der Waals surface area contributed by atoms with E-state index in [-0.39, 0.29) is 23.3 Å². The van der Waals surface area contributed by atoms with E-state index in [0.717, 1.165) is 43.5 Å². The Morgan fingerprint density at radius 3 is 2.54 bits per heavy atom. The fourth-order valence-electron chi connectivity index (χ4n) is 4.04. The highest BCUT2D eigenvalue weighted by Gasteiger charge is 2.50.